The van der Waals surface area contributed by atoms with Gasteiger partial charge in [0.05, 0.1) is 0 Å². The molecule has 0 unspecified atom stereocenters. The lowest BCUT2D eigenvalue weighted by Gasteiger charge is -2.26. The van der Waals surface area contributed by atoms with Crippen molar-refractivity contribution in [2.75, 3.05) is 26.4 Å². The zero-order valence-corrected chi connectivity index (χ0v) is 20.2. The van der Waals surface area contributed by atoms with Crippen LogP contribution < -0.4 is 5.73 Å². The number of esters is 1. The summed E-state index contributed by atoms with van der Waals surface area (Å²) in [7, 11) is 0. The monoisotopic (exact) mass is 485 g/mol. The van der Waals surface area contributed by atoms with Crippen LogP contribution in [0.5, 0.6) is 11.5 Å². The molecule has 2 atom stereocenters. The first-order valence-electron chi connectivity index (χ1n) is 12.1. The van der Waals surface area contributed by atoms with Gasteiger partial charge in [0.1, 0.15) is 36.5 Å². The molecule has 0 aromatic heterocycles. The number of carbonyl (C=O) groups excluding carboxylic acids is 2. The summed E-state index contributed by atoms with van der Waals surface area (Å²) in [4.78, 5) is 31.4. The molecule has 3 rings (SSSR count). The number of carbonyl (C=O) groups is 2. The second-order valence-corrected chi connectivity index (χ2v) is 8.93. The lowest BCUT2D eigenvalue weighted by Crippen LogP contribution is -2.38. The number of amides is 1. The molecule has 1 fully saturated rings. The number of hydrogen-bond donors (Lipinski definition) is 3. The number of piperidine rings is 1. The second-order valence-electron chi connectivity index (χ2n) is 8.93. The highest BCUT2D eigenvalue weighted by atomic mass is 16.5. The van der Waals surface area contributed by atoms with Gasteiger partial charge in [0, 0.05) is 43.8 Å². The van der Waals surface area contributed by atoms with Gasteiger partial charge in [-0.25, -0.2) is 4.79 Å². The van der Waals surface area contributed by atoms with E-state index in [1.54, 1.807) is 17.9 Å². The number of nitrogens with zero attached hydrogens (tertiary/aromatic N) is 2. The van der Waals surface area contributed by atoms with Crippen LogP contribution >= 0.6 is 0 Å². The molecular formula is C26H35N3O6. The Bertz CT molecular complexity index is 982. The summed E-state index contributed by atoms with van der Waals surface area (Å²) in [6, 6.07) is 2.30. The Morgan fingerprint density at radius 2 is 1.97 bits per heavy atom. The average molecular weight is 486 g/mol. The number of aliphatic imine (C=N–C) groups is 1. The molecule has 1 saturated heterocycles. The van der Waals surface area contributed by atoms with Crippen molar-refractivity contribution in [3.8, 4) is 11.5 Å². The molecule has 1 aromatic rings. The van der Waals surface area contributed by atoms with E-state index in [1.807, 2.05) is 18.2 Å². The van der Waals surface area contributed by atoms with Gasteiger partial charge in [-0.1, -0.05) is 18.2 Å². The van der Waals surface area contributed by atoms with E-state index in [2.05, 4.69) is 4.99 Å². The van der Waals surface area contributed by atoms with Crippen molar-refractivity contribution >= 4 is 17.6 Å². The smallest absolute Gasteiger partial charge is 0.342 e. The van der Waals surface area contributed by atoms with Crippen LogP contribution in [-0.4, -0.2) is 71.3 Å². The van der Waals surface area contributed by atoms with Gasteiger partial charge in [0.2, 0.25) is 5.91 Å². The second kappa shape index (κ2) is 13.1. The number of hydrogen-bond acceptors (Lipinski definition) is 8. The topological polar surface area (TPSA) is 135 Å². The number of rotatable bonds is 4. The lowest BCUT2D eigenvalue weighted by atomic mass is 9.99. The average Bonchev–Trinajstić information content (AvgIpc) is 2.81. The first-order chi connectivity index (χ1) is 16.8. The van der Waals surface area contributed by atoms with Crippen LogP contribution in [0, 0.1) is 0 Å². The summed E-state index contributed by atoms with van der Waals surface area (Å²) in [5.41, 5.74) is 7.01. The summed E-state index contributed by atoms with van der Waals surface area (Å²) >= 11 is 0. The SMILES string of the molecule is C[C@@H]1C/C=C/[C@H](N)C/C=C/C(=N/COCC(=O)N2CCCCC2)Cc2cc(O)cc(O)c2C(=O)O1. The number of phenolic OH excluding ortho intramolecular Hbond substituents is 2. The number of nitrogens with two attached hydrogens (primary N) is 1. The van der Waals surface area contributed by atoms with E-state index < -0.39 is 12.1 Å². The van der Waals surface area contributed by atoms with Gasteiger partial charge < -0.3 is 30.3 Å². The van der Waals surface area contributed by atoms with Crippen molar-refractivity contribution in [1.82, 2.24) is 4.90 Å². The third kappa shape index (κ3) is 8.22. The predicted molar refractivity (Wildman–Crippen MR) is 133 cm³/mol. The Morgan fingerprint density at radius 3 is 2.74 bits per heavy atom. The van der Waals surface area contributed by atoms with E-state index in [1.165, 1.54) is 6.07 Å². The van der Waals surface area contributed by atoms with Crippen molar-refractivity contribution in [1.29, 1.82) is 0 Å². The first kappa shape index (κ1) is 26.4. The quantitative estimate of drug-likeness (QED) is 0.339. The van der Waals surface area contributed by atoms with E-state index in [-0.39, 0.29) is 48.8 Å². The highest BCUT2D eigenvalue weighted by Crippen LogP contribution is 2.29. The number of allylic oxidation sites excluding steroid dienone is 1. The summed E-state index contributed by atoms with van der Waals surface area (Å²) in [5, 5.41) is 20.4. The number of phenols is 2. The summed E-state index contributed by atoms with van der Waals surface area (Å²) in [6.45, 7) is 3.16. The maximum Gasteiger partial charge on any atom is 0.342 e. The molecule has 1 aromatic carbocycles. The van der Waals surface area contributed by atoms with Gasteiger partial charge in [-0.05, 0) is 50.3 Å². The lowest BCUT2D eigenvalue weighted by molar-refractivity contribution is -0.136. The Morgan fingerprint density at radius 1 is 1.20 bits per heavy atom. The number of benzene rings is 1. The molecule has 9 heteroatoms. The zero-order valence-electron chi connectivity index (χ0n) is 20.2. The molecule has 35 heavy (non-hydrogen) atoms. The minimum atomic E-state index is -0.688. The Labute approximate surface area is 205 Å². The van der Waals surface area contributed by atoms with E-state index in [4.69, 9.17) is 15.2 Å². The molecule has 0 saturated carbocycles. The van der Waals surface area contributed by atoms with Crippen molar-refractivity contribution in [2.45, 2.75) is 57.6 Å². The Kier molecular flexibility index (Phi) is 9.86. The highest BCUT2D eigenvalue weighted by Gasteiger charge is 2.22. The third-order valence-corrected chi connectivity index (χ3v) is 5.93. The van der Waals surface area contributed by atoms with Crippen LogP contribution in [0.1, 0.15) is 54.9 Å². The number of likely N-dealkylation sites (tertiary alicyclic amines) is 1. The minimum Gasteiger partial charge on any atom is -0.508 e. The van der Waals surface area contributed by atoms with Crippen LogP contribution in [0.25, 0.3) is 0 Å². The fourth-order valence-corrected chi connectivity index (χ4v) is 4.08. The van der Waals surface area contributed by atoms with E-state index in [0.29, 0.717) is 24.1 Å². The molecular weight excluding hydrogens is 450 g/mol. The zero-order chi connectivity index (χ0) is 25.2. The fourth-order valence-electron chi connectivity index (χ4n) is 4.08. The molecule has 4 N–H and O–H groups in total. The molecule has 1 amide bonds. The normalized spacial score (nSPS) is 24.8. The van der Waals surface area contributed by atoms with Gasteiger partial charge in [0.25, 0.3) is 0 Å². The van der Waals surface area contributed by atoms with Crippen molar-refractivity contribution < 1.29 is 29.3 Å². The first-order valence-corrected chi connectivity index (χ1v) is 12.1. The van der Waals surface area contributed by atoms with E-state index in [9.17, 15) is 19.8 Å². The minimum absolute atomic E-state index is 0.0188. The largest absolute Gasteiger partial charge is 0.508 e. The van der Waals surface area contributed by atoms with Crippen LogP contribution in [0.4, 0.5) is 0 Å². The van der Waals surface area contributed by atoms with Gasteiger partial charge >= 0.3 is 5.97 Å². The van der Waals surface area contributed by atoms with E-state index in [0.717, 1.165) is 38.4 Å². The van der Waals surface area contributed by atoms with Crippen LogP contribution in [0.15, 0.2) is 41.4 Å². The van der Waals surface area contributed by atoms with Crippen molar-refractivity contribution in [3.63, 3.8) is 0 Å². The van der Waals surface area contributed by atoms with Gasteiger partial charge in [-0.15, -0.1) is 0 Å². The summed E-state index contributed by atoms with van der Waals surface area (Å²) in [6.07, 6.45) is 11.3. The molecule has 0 bridgehead atoms. The van der Waals surface area contributed by atoms with Crippen LogP contribution in [0.3, 0.4) is 0 Å². The number of aromatic hydroxyl groups is 2. The van der Waals surface area contributed by atoms with Crippen molar-refractivity contribution in [2.24, 2.45) is 10.7 Å². The number of ether oxygens (including phenoxy) is 2. The summed E-state index contributed by atoms with van der Waals surface area (Å²) in [5.74, 6) is -1.29. The maximum atomic E-state index is 12.8. The molecule has 9 nitrogen and oxygen atoms in total. The Balaban J connectivity index is 1.79. The van der Waals surface area contributed by atoms with Crippen LogP contribution in [0.2, 0.25) is 0 Å². The molecule has 2 aliphatic rings. The Hall–Kier alpha value is -3.17. The predicted octanol–water partition coefficient (Wildman–Crippen LogP) is 2.85. The van der Waals surface area contributed by atoms with Crippen molar-refractivity contribution in [3.05, 3.63) is 47.6 Å². The third-order valence-electron chi connectivity index (χ3n) is 5.93. The van der Waals surface area contributed by atoms with E-state index >= 15 is 0 Å². The highest BCUT2D eigenvalue weighted by molar-refractivity contribution is 6.00. The molecule has 0 aliphatic carbocycles. The molecule has 2 heterocycles. The maximum absolute atomic E-state index is 12.8. The molecule has 0 radical (unpaired) electrons. The molecule has 190 valence electrons. The van der Waals surface area contributed by atoms with Gasteiger partial charge in [-0.3, -0.25) is 9.79 Å². The summed E-state index contributed by atoms with van der Waals surface area (Å²) < 4.78 is 11.0. The fraction of sp³-hybridized carbons (Fsp3) is 0.500. The van der Waals surface area contributed by atoms with Gasteiger partial charge in [-0.2, -0.15) is 0 Å². The number of fused-ring (bicyclic) bond motifs is 1. The standard InChI is InChI=1S/C26H35N3O6/c1-18-7-5-8-20(27)9-6-10-21(28-17-34-16-24(32)29-11-3-2-4-12-29)13-19-14-22(30)15-23(31)25(19)26(33)35-18/h5-6,8,10,14-15,18,20,30-31H,2-4,7,9,11-13,16-17,27H2,1H3/b8-5+,10-6+,28-21-/t18-,20+/m1/s1. The molecule has 2 aliphatic heterocycles. The van der Waals surface area contributed by atoms with Gasteiger partial charge in [0.15, 0.2) is 0 Å². The van der Waals surface area contributed by atoms with Crippen LogP contribution in [-0.2, 0) is 20.7 Å². The number of cyclic esters (lactones) is 1. The molecule has 0 spiro atoms.